The number of hydrogen-bond donors (Lipinski definition) is 2. The number of sulfonamides is 1. The van der Waals surface area contributed by atoms with Crippen LogP contribution in [0.25, 0.3) is 5.69 Å². The van der Waals surface area contributed by atoms with Crippen molar-refractivity contribution in [3.05, 3.63) is 60.2 Å². The van der Waals surface area contributed by atoms with Crippen LogP contribution in [0.5, 0.6) is 11.5 Å². The monoisotopic (exact) mass is 442 g/mol. The lowest BCUT2D eigenvalue weighted by atomic mass is 10.2. The molecule has 2 heterocycles. The molecule has 0 radical (unpaired) electrons. The zero-order valence-corrected chi connectivity index (χ0v) is 17.9. The van der Waals surface area contributed by atoms with Gasteiger partial charge in [0.2, 0.25) is 10.0 Å². The van der Waals surface area contributed by atoms with Crippen LogP contribution in [-0.2, 0) is 10.0 Å². The van der Waals surface area contributed by atoms with Crippen LogP contribution in [0.15, 0.2) is 48.9 Å². The maximum Gasteiger partial charge on any atom is 0.275 e. The van der Waals surface area contributed by atoms with Gasteiger partial charge in [0.15, 0.2) is 0 Å². The molecule has 3 aromatic rings. The molecule has 31 heavy (non-hydrogen) atoms. The van der Waals surface area contributed by atoms with Crippen molar-refractivity contribution in [2.75, 3.05) is 29.0 Å². The highest BCUT2D eigenvalue weighted by Crippen LogP contribution is 2.32. The van der Waals surface area contributed by atoms with E-state index in [9.17, 15) is 18.3 Å². The number of nitrogens with zero attached hydrogens (tertiary/aromatic N) is 3. The van der Waals surface area contributed by atoms with E-state index in [-0.39, 0.29) is 22.9 Å². The molecule has 1 fully saturated rings. The third-order valence-corrected chi connectivity index (χ3v) is 6.91. The highest BCUT2D eigenvalue weighted by molar-refractivity contribution is 7.93. The summed E-state index contributed by atoms with van der Waals surface area (Å²) < 4.78 is 32.7. The van der Waals surface area contributed by atoms with E-state index in [0.717, 1.165) is 11.3 Å². The molecule has 2 aromatic carbocycles. The van der Waals surface area contributed by atoms with E-state index in [4.69, 9.17) is 4.74 Å². The summed E-state index contributed by atoms with van der Waals surface area (Å²) in [5.74, 6) is -0.00203. The minimum Gasteiger partial charge on any atom is -0.506 e. The Morgan fingerprint density at radius 1 is 1.23 bits per heavy atom. The molecule has 0 saturated carbocycles. The van der Waals surface area contributed by atoms with Gasteiger partial charge in [-0.15, -0.1) is 0 Å². The van der Waals surface area contributed by atoms with Gasteiger partial charge in [0.1, 0.15) is 23.5 Å². The Bertz CT molecular complexity index is 1250. The largest absolute Gasteiger partial charge is 0.506 e. The van der Waals surface area contributed by atoms with Crippen molar-refractivity contribution in [2.24, 2.45) is 0 Å². The molecular formula is C21H22N4O5S. The van der Waals surface area contributed by atoms with E-state index in [0.29, 0.717) is 24.4 Å². The number of methoxy groups -OCH3 is 1. The smallest absolute Gasteiger partial charge is 0.275 e. The van der Waals surface area contributed by atoms with E-state index in [2.05, 4.69) is 10.3 Å². The number of rotatable bonds is 5. The number of aromatic nitrogens is 2. The van der Waals surface area contributed by atoms with Crippen molar-refractivity contribution in [3.8, 4) is 17.2 Å². The molecule has 1 aromatic heterocycles. The van der Waals surface area contributed by atoms with Gasteiger partial charge < -0.3 is 19.7 Å². The molecule has 1 aliphatic heterocycles. The highest BCUT2D eigenvalue weighted by atomic mass is 32.2. The number of hydrogen-bond acceptors (Lipinski definition) is 6. The lowest BCUT2D eigenvalue weighted by molar-refractivity contribution is 0.102. The van der Waals surface area contributed by atoms with Gasteiger partial charge in [-0.2, -0.15) is 0 Å². The number of nitrogens with one attached hydrogen (secondary N) is 1. The third kappa shape index (κ3) is 4.06. The second-order valence-electron chi connectivity index (χ2n) is 7.24. The molecular weight excluding hydrogens is 420 g/mol. The van der Waals surface area contributed by atoms with Crippen molar-refractivity contribution >= 4 is 27.3 Å². The first-order chi connectivity index (χ1) is 14.8. The summed E-state index contributed by atoms with van der Waals surface area (Å²) in [6.07, 6.45) is 3.59. The van der Waals surface area contributed by atoms with Gasteiger partial charge in [-0.05, 0) is 49.2 Å². The van der Waals surface area contributed by atoms with Gasteiger partial charge >= 0.3 is 0 Å². The second-order valence-corrected chi connectivity index (χ2v) is 9.25. The predicted octanol–water partition coefficient (Wildman–Crippen LogP) is 2.69. The molecule has 0 unspecified atom stereocenters. The third-order valence-electron chi connectivity index (χ3n) is 5.04. The molecule has 2 N–H and O–H groups in total. The van der Waals surface area contributed by atoms with Gasteiger partial charge in [0, 0.05) is 12.7 Å². The Hall–Kier alpha value is -3.53. The van der Waals surface area contributed by atoms with Crippen LogP contribution in [0.2, 0.25) is 0 Å². The number of benzene rings is 2. The van der Waals surface area contributed by atoms with Crippen molar-refractivity contribution in [3.63, 3.8) is 0 Å². The number of aryl methyl sites for hydroxylation is 1. The fraction of sp³-hybridized carbons (Fsp3) is 0.238. The molecule has 0 aliphatic carbocycles. The highest BCUT2D eigenvalue weighted by Gasteiger charge is 2.29. The van der Waals surface area contributed by atoms with E-state index < -0.39 is 15.9 Å². The Balaban J connectivity index is 1.59. The Kier molecular flexibility index (Phi) is 5.32. The summed E-state index contributed by atoms with van der Waals surface area (Å²) in [4.78, 5) is 16.9. The number of ether oxygens (including phenoxy) is 1. The lowest BCUT2D eigenvalue weighted by Gasteiger charge is -2.18. The van der Waals surface area contributed by atoms with Crippen molar-refractivity contribution in [1.29, 1.82) is 0 Å². The van der Waals surface area contributed by atoms with Crippen LogP contribution in [0, 0.1) is 6.92 Å². The maximum atomic E-state index is 12.7. The lowest BCUT2D eigenvalue weighted by Crippen LogP contribution is -2.25. The normalized spacial score (nSPS) is 15.1. The topological polar surface area (TPSA) is 114 Å². The number of imidazole rings is 1. The van der Waals surface area contributed by atoms with Crippen molar-refractivity contribution < 1.29 is 23.1 Å². The molecule has 1 saturated heterocycles. The van der Waals surface area contributed by atoms with E-state index in [1.165, 1.54) is 28.8 Å². The SMILES string of the molecule is COc1ccc(C)cc1-n1cnc(C(=O)Nc2cc(N3CCCS3(=O)=O)ccc2O)c1. The Morgan fingerprint density at radius 3 is 2.74 bits per heavy atom. The average molecular weight is 442 g/mol. The number of anilines is 2. The molecule has 1 amide bonds. The fourth-order valence-electron chi connectivity index (χ4n) is 3.47. The molecule has 162 valence electrons. The number of amides is 1. The first-order valence-corrected chi connectivity index (χ1v) is 11.2. The predicted molar refractivity (Wildman–Crippen MR) is 117 cm³/mol. The van der Waals surface area contributed by atoms with Gasteiger partial charge in [0.05, 0.1) is 29.9 Å². The number of carbonyl (C=O) groups is 1. The Labute approximate surface area is 180 Å². The van der Waals surface area contributed by atoms with Gasteiger partial charge in [-0.3, -0.25) is 9.10 Å². The summed E-state index contributed by atoms with van der Waals surface area (Å²) >= 11 is 0. The van der Waals surface area contributed by atoms with Gasteiger partial charge in [-0.25, -0.2) is 13.4 Å². The number of phenols is 1. The zero-order chi connectivity index (χ0) is 22.2. The Morgan fingerprint density at radius 2 is 2.03 bits per heavy atom. The maximum absolute atomic E-state index is 12.7. The summed E-state index contributed by atoms with van der Waals surface area (Å²) in [7, 11) is -1.81. The zero-order valence-electron chi connectivity index (χ0n) is 17.1. The van der Waals surface area contributed by atoms with Crippen LogP contribution in [0.3, 0.4) is 0 Å². The number of aromatic hydroxyl groups is 1. The van der Waals surface area contributed by atoms with Crippen LogP contribution in [-0.4, -0.2) is 48.4 Å². The molecule has 4 rings (SSSR count). The van der Waals surface area contributed by atoms with Crippen LogP contribution >= 0.6 is 0 Å². The fourth-order valence-corrected chi connectivity index (χ4v) is 5.03. The van der Waals surface area contributed by atoms with Crippen molar-refractivity contribution in [2.45, 2.75) is 13.3 Å². The first-order valence-electron chi connectivity index (χ1n) is 9.62. The van der Waals surface area contributed by atoms with Gasteiger partial charge in [0.25, 0.3) is 5.91 Å². The summed E-state index contributed by atoms with van der Waals surface area (Å²) in [5.41, 5.74) is 2.38. The van der Waals surface area contributed by atoms with Crippen LogP contribution in [0.1, 0.15) is 22.5 Å². The summed E-state index contributed by atoms with van der Waals surface area (Å²) in [6.45, 7) is 2.31. The molecule has 9 nitrogen and oxygen atoms in total. The molecule has 0 bridgehead atoms. The summed E-state index contributed by atoms with van der Waals surface area (Å²) in [5, 5.41) is 12.8. The van der Waals surface area contributed by atoms with Crippen molar-refractivity contribution in [1.82, 2.24) is 9.55 Å². The van der Waals surface area contributed by atoms with Crippen LogP contribution in [0.4, 0.5) is 11.4 Å². The number of carbonyl (C=O) groups excluding carboxylic acids is 1. The van der Waals surface area contributed by atoms with E-state index in [1.807, 2.05) is 25.1 Å². The molecule has 0 atom stereocenters. The minimum atomic E-state index is -3.38. The molecule has 0 spiro atoms. The van der Waals surface area contributed by atoms with Gasteiger partial charge in [-0.1, -0.05) is 6.07 Å². The molecule has 10 heteroatoms. The standard InChI is InChI=1S/C21H22N4O5S/c1-14-4-7-20(30-2)18(10-14)24-12-17(22-13-24)21(27)23-16-11-15(5-6-19(16)26)25-8-3-9-31(25,28)29/h4-7,10-13,26H,3,8-9H2,1-2H3,(H,23,27). The molecule has 1 aliphatic rings. The van der Waals surface area contributed by atoms with E-state index in [1.54, 1.807) is 17.9 Å². The second kappa shape index (κ2) is 7.95. The summed E-state index contributed by atoms with van der Waals surface area (Å²) in [6, 6.07) is 9.97. The number of phenolic OH excluding ortho intramolecular Hbond substituents is 1. The first kappa shape index (κ1) is 20.7. The average Bonchev–Trinajstić information content (AvgIpc) is 3.36. The quantitative estimate of drug-likeness (QED) is 0.588. The van der Waals surface area contributed by atoms with Crippen LogP contribution < -0.4 is 14.4 Å². The minimum absolute atomic E-state index is 0.0788. The van der Waals surface area contributed by atoms with E-state index >= 15 is 0 Å².